The molecule has 186 valence electrons. The number of piperidine rings is 1. The first-order valence-electron chi connectivity index (χ1n) is 13.6. The summed E-state index contributed by atoms with van der Waals surface area (Å²) in [7, 11) is 0. The molecule has 6 atom stereocenters. The molecule has 0 radical (unpaired) electrons. The van der Waals surface area contributed by atoms with Crippen molar-refractivity contribution in [1.29, 1.82) is 0 Å². The first-order chi connectivity index (χ1) is 18.6. The maximum atomic E-state index is 14.9. The Morgan fingerprint density at radius 1 is 0.868 bits per heavy atom. The van der Waals surface area contributed by atoms with E-state index >= 15 is 0 Å². The van der Waals surface area contributed by atoms with Crippen molar-refractivity contribution in [2.75, 3.05) is 0 Å². The van der Waals surface area contributed by atoms with Crippen molar-refractivity contribution in [3.8, 4) is 34.9 Å². The van der Waals surface area contributed by atoms with Crippen LogP contribution in [0.3, 0.4) is 0 Å². The Morgan fingerprint density at radius 3 is 2.71 bits per heavy atom. The van der Waals surface area contributed by atoms with Crippen molar-refractivity contribution in [2.24, 2.45) is 11.8 Å². The lowest BCUT2D eigenvalue weighted by atomic mass is 9.91. The lowest BCUT2D eigenvalue weighted by molar-refractivity contribution is 0.542. The zero-order valence-electron chi connectivity index (χ0n) is 20.7. The number of aryl methyl sites for hydroxylation is 2. The average molecular weight is 501 g/mol. The third kappa shape index (κ3) is 3.36. The lowest BCUT2D eigenvalue weighted by Gasteiger charge is -2.15. The number of rotatable bonds is 2. The Kier molecular flexibility index (Phi) is 4.20. The van der Waals surface area contributed by atoms with Crippen molar-refractivity contribution in [3.05, 3.63) is 70.2 Å². The van der Waals surface area contributed by atoms with Gasteiger partial charge in [0.05, 0.1) is 17.3 Å². The van der Waals surface area contributed by atoms with Crippen LogP contribution in [-0.4, -0.2) is 32.0 Å². The van der Waals surface area contributed by atoms with E-state index in [9.17, 15) is 4.39 Å². The molecule has 38 heavy (non-hydrogen) atoms. The molecule has 5 aliphatic rings. The van der Waals surface area contributed by atoms with Gasteiger partial charge in [0.15, 0.2) is 5.82 Å². The molecule has 2 aliphatic heterocycles. The highest BCUT2D eigenvalue weighted by Gasteiger charge is 2.47. The SMILES string of the molecule is Fc1cc(C#Cc2ccc3c(c2)CCc2[nH]c(C4CC5CC5N4)nc2-3)cc2[nH]c(C3C#CC4CC4N3)nc12. The predicted molar refractivity (Wildman–Crippen MR) is 141 cm³/mol. The van der Waals surface area contributed by atoms with Gasteiger partial charge in [-0.25, -0.2) is 14.4 Å². The summed E-state index contributed by atoms with van der Waals surface area (Å²) in [5.41, 5.74) is 7.30. The zero-order chi connectivity index (χ0) is 25.0. The van der Waals surface area contributed by atoms with E-state index in [1.54, 1.807) is 0 Å². The van der Waals surface area contributed by atoms with Crippen molar-refractivity contribution in [2.45, 2.75) is 56.3 Å². The van der Waals surface area contributed by atoms with Crippen LogP contribution in [0.4, 0.5) is 4.39 Å². The van der Waals surface area contributed by atoms with Crippen LogP contribution in [-0.2, 0) is 12.8 Å². The minimum absolute atomic E-state index is 0.179. The number of imidazole rings is 2. The van der Waals surface area contributed by atoms with Crippen LogP contribution in [0.25, 0.3) is 22.3 Å². The monoisotopic (exact) mass is 500 g/mol. The van der Waals surface area contributed by atoms with Crippen LogP contribution < -0.4 is 10.6 Å². The summed E-state index contributed by atoms with van der Waals surface area (Å²) in [6.45, 7) is 0. The van der Waals surface area contributed by atoms with E-state index in [0.717, 1.165) is 42.3 Å². The fraction of sp³-hybridized carbons (Fsp3) is 0.355. The number of hydrogen-bond donors (Lipinski definition) is 4. The highest BCUT2D eigenvalue weighted by Crippen LogP contribution is 2.46. The molecule has 0 bridgehead atoms. The molecule has 2 saturated carbocycles. The minimum atomic E-state index is -0.372. The van der Waals surface area contributed by atoms with Gasteiger partial charge in [0, 0.05) is 40.4 Å². The number of nitrogens with zero attached hydrogens (tertiary/aromatic N) is 2. The third-order valence-electron chi connectivity index (χ3n) is 8.78. The normalized spacial score (nSPS) is 29.3. The summed E-state index contributed by atoms with van der Waals surface area (Å²) in [4.78, 5) is 16.4. The Bertz CT molecular complexity index is 1780. The second-order valence-corrected chi connectivity index (χ2v) is 11.4. The molecule has 4 heterocycles. The molecule has 9 rings (SSSR count). The molecule has 6 nitrogen and oxygen atoms in total. The van der Waals surface area contributed by atoms with Gasteiger partial charge in [-0.1, -0.05) is 29.7 Å². The van der Waals surface area contributed by atoms with Gasteiger partial charge < -0.3 is 15.3 Å². The summed E-state index contributed by atoms with van der Waals surface area (Å²) >= 11 is 0. The maximum Gasteiger partial charge on any atom is 0.152 e. The van der Waals surface area contributed by atoms with Gasteiger partial charge in [0.2, 0.25) is 0 Å². The molecule has 3 fully saturated rings. The molecule has 2 aromatic carbocycles. The van der Waals surface area contributed by atoms with Gasteiger partial charge in [-0.05, 0) is 67.9 Å². The van der Waals surface area contributed by atoms with Crippen molar-refractivity contribution >= 4 is 11.0 Å². The lowest BCUT2D eigenvalue weighted by Crippen LogP contribution is -2.26. The highest BCUT2D eigenvalue weighted by atomic mass is 19.1. The van der Waals surface area contributed by atoms with Gasteiger partial charge in [-0.2, -0.15) is 0 Å². The van der Waals surface area contributed by atoms with E-state index in [1.807, 2.05) is 12.1 Å². The molecule has 0 amide bonds. The van der Waals surface area contributed by atoms with Crippen LogP contribution in [0.1, 0.15) is 65.4 Å². The fourth-order valence-electron chi connectivity index (χ4n) is 6.48. The van der Waals surface area contributed by atoms with Crippen LogP contribution in [0, 0.1) is 41.3 Å². The number of nitrogens with one attached hydrogen (secondary N) is 4. The van der Waals surface area contributed by atoms with Crippen molar-refractivity contribution < 1.29 is 4.39 Å². The van der Waals surface area contributed by atoms with E-state index in [2.05, 4.69) is 61.4 Å². The van der Waals surface area contributed by atoms with Crippen molar-refractivity contribution in [3.63, 3.8) is 0 Å². The molecule has 3 aliphatic carbocycles. The molecule has 4 aromatic rings. The number of fused-ring (bicyclic) bond motifs is 6. The number of halogens is 1. The van der Waals surface area contributed by atoms with Crippen molar-refractivity contribution in [1.82, 2.24) is 30.6 Å². The average Bonchev–Trinajstić information content (AvgIpc) is 3.67. The quantitative estimate of drug-likeness (QED) is 0.313. The number of benzene rings is 2. The first kappa shape index (κ1) is 21.1. The second kappa shape index (κ2) is 7.57. The van der Waals surface area contributed by atoms with Gasteiger partial charge in [0.25, 0.3) is 0 Å². The zero-order valence-corrected chi connectivity index (χ0v) is 20.7. The Morgan fingerprint density at radius 2 is 1.82 bits per heavy atom. The van der Waals surface area contributed by atoms with Crippen LogP contribution in [0.15, 0.2) is 30.3 Å². The van der Waals surface area contributed by atoms with E-state index in [4.69, 9.17) is 4.98 Å². The van der Waals surface area contributed by atoms with E-state index in [1.165, 1.54) is 35.7 Å². The fourth-order valence-corrected chi connectivity index (χ4v) is 6.48. The summed E-state index contributed by atoms with van der Waals surface area (Å²) in [6.07, 6.45) is 5.51. The Balaban J connectivity index is 0.990. The molecule has 6 unspecified atom stereocenters. The molecular formula is C31H25FN6. The molecule has 7 heteroatoms. The summed E-state index contributed by atoms with van der Waals surface area (Å²) in [6, 6.07) is 11.0. The molecule has 0 spiro atoms. The maximum absolute atomic E-state index is 14.9. The number of hydrogen-bond acceptors (Lipinski definition) is 4. The molecular weight excluding hydrogens is 475 g/mol. The number of aromatic amines is 2. The molecule has 2 aromatic heterocycles. The van der Waals surface area contributed by atoms with E-state index in [-0.39, 0.29) is 11.9 Å². The standard InChI is InChI=1S/C31H25FN6/c32-21-10-16(11-26-29(21)38-30(36-26)23-8-5-18-12-24(18)33-23)2-1-15-3-6-20-17(9-15)4-7-22-28(20)37-31(35-22)27-14-19-13-25(19)34-27/h3,6,9-11,18-19,23-25,27,33-34H,4,7,12-14H2,(H,35,37)(H,36,38). The number of aromatic nitrogens is 4. The smallest absolute Gasteiger partial charge is 0.152 e. The van der Waals surface area contributed by atoms with Crippen LogP contribution in [0.2, 0.25) is 0 Å². The van der Waals surface area contributed by atoms with Crippen LogP contribution in [0.5, 0.6) is 0 Å². The van der Waals surface area contributed by atoms with Gasteiger partial charge >= 0.3 is 0 Å². The first-order valence-corrected chi connectivity index (χ1v) is 13.6. The second-order valence-electron chi connectivity index (χ2n) is 11.4. The Labute approximate surface area is 219 Å². The largest absolute Gasteiger partial charge is 0.344 e. The van der Waals surface area contributed by atoms with Gasteiger partial charge in [0.1, 0.15) is 23.2 Å². The summed E-state index contributed by atoms with van der Waals surface area (Å²) in [5, 5.41) is 7.17. The Hall–Kier alpha value is -3.91. The van der Waals surface area contributed by atoms with E-state index in [0.29, 0.717) is 46.5 Å². The topological polar surface area (TPSA) is 81.4 Å². The molecule has 1 saturated heterocycles. The predicted octanol–water partition coefficient (Wildman–Crippen LogP) is 4.05. The minimum Gasteiger partial charge on any atom is -0.344 e. The van der Waals surface area contributed by atoms with E-state index < -0.39 is 0 Å². The van der Waals surface area contributed by atoms with Gasteiger partial charge in [-0.3, -0.25) is 5.32 Å². The molecule has 4 N–H and O–H groups in total. The van der Waals surface area contributed by atoms with Crippen LogP contribution >= 0.6 is 0 Å². The summed E-state index contributed by atoms with van der Waals surface area (Å²) in [5.74, 6) is 15.6. The number of H-pyrrole nitrogens is 2. The summed E-state index contributed by atoms with van der Waals surface area (Å²) < 4.78 is 14.9. The third-order valence-corrected chi connectivity index (χ3v) is 8.78. The van der Waals surface area contributed by atoms with Gasteiger partial charge in [-0.15, -0.1) is 0 Å². The highest BCUT2D eigenvalue weighted by molar-refractivity contribution is 5.78.